The molecule has 19 heavy (non-hydrogen) atoms. The molecule has 2 fully saturated rings. The molecule has 1 aliphatic carbocycles. The van der Waals surface area contributed by atoms with E-state index in [2.05, 4.69) is 22.2 Å². The number of nitrogens with one attached hydrogen (secondary N) is 1. The second-order valence-corrected chi connectivity index (χ2v) is 5.69. The van der Waals surface area contributed by atoms with Gasteiger partial charge in [-0.3, -0.25) is 4.79 Å². The zero-order valence-electron chi connectivity index (χ0n) is 11.3. The quantitative estimate of drug-likeness (QED) is 0.902. The molecule has 102 valence electrons. The third-order valence-corrected chi connectivity index (χ3v) is 3.88. The van der Waals surface area contributed by atoms with Crippen molar-refractivity contribution in [3.05, 3.63) is 18.0 Å². The lowest BCUT2D eigenvalue weighted by molar-refractivity contribution is 0.0696. The third-order valence-electron chi connectivity index (χ3n) is 3.88. The number of nitrogens with zero attached hydrogens (tertiary/aromatic N) is 3. The van der Waals surface area contributed by atoms with Crippen molar-refractivity contribution in [1.82, 2.24) is 14.9 Å². The maximum Gasteiger partial charge on any atom is 0.256 e. The number of carbonyl (C=O) groups is 1. The van der Waals surface area contributed by atoms with Crippen LogP contribution in [-0.4, -0.2) is 39.9 Å². The highest BCUT2D eigenvalue weighted by Gasteiger charge is 2.23. The largest absolute Gasteiger partial charge is 0.351 e. The van der Waals surface area contributed by atoms with Gasteiger partial charge in [0.1, 0.15) is 0 Å². The molecule has 1 aliphatic heterocycles. The summed E-state index contributed by atoms with van der Waals surface area (Å²) in [5.74, 6) is 1.42. The van der Waals surface area contributed by atoms with E-state index in [9.17, 15) is 4.79 Å². The molecular weight excluding hydrogens is 240 g/mol. The number of hydrogen-bond acceptors (Lipinski definition) is 4. The van der Waals surface area contributed by atoms with E-state index in [1.165, 1.54) is 12.8 Å². The van der Waals surface area contributed by atoms with Crippen molar-refractivity contribution in [2.75, 3.05) is 18.4 Å². The second-order valence-electron chi connectivity index (χ2n) is 5.69. The summed E-state index contributed by atoms with van der Waals surface area (Å²) in [6.07, 6.45) is 7.84. The fraction of sp³-hybridized carbons (Fsp3) is 0.643. The third kappa shape index (κ3) is 3.03. The predicted octanol–water partition coefficient (Wildman–Crippen LogP) is 1.92. The highest BCUT2D eigenvalue weighted by molar-refractivity contribution is 5.93. The first-order valence-electron chi connectivity index (χ1n) is 7.10. The van der Waals surface area contributed by atoms with E-state index in [1.807, 2.05) is 4.90 Å². The van der Waals surface area contributed by atoms with Crippen LogP contribution in [0.3, 0.4) is 0 Å². The number of anilines is 1. The first-order chi connectivity index (χ1) is 9.22. The average molecular weight is 260 g/mol. The summed E-state index contributed by atoms with van der Waals surface area (Å²) in [5.41, 5.74) is 0.593. The summed E-state index contributed by atoms with van der Waals surface area (Å²) in [7, 11) is 0. The molecule has 1 aromatic rings. The van der Waals surface area contributed by atoms with Crippen LogP contribution >= 0.6 is 0 Å². The minimum Gasteiger partial charge on any atom is -0.351 e. The van der Waals surface area contributed by atoms with E-state index < -0.39 is 0 Å². The Morgan fingerprint density at radius 2 is 1.84 bits per heavy atom. The molecule has 1 aromatic heterocycles. The summed E-state index contributed by atoms with van der Waals surface area (Å²) < 4.78 is 0. The van der Waals surface area contributed by atoms with Crippen molar-refractivity contribution in [2.45, 2.75) is 38.6 Å². The molecule has 3 rings (SSSR count). The number of piperidine rings is 1. The maximum absolute atomic E-state index is 12.3. The molecule has 5 nitrogen and oxygen atoms in total. The Morgan fingerprint density at radius 3 is 2.42 bits per heavy atom. The number of likely N-dealkylation sites (tertiary alicyclic amines) is 1. The van der Waals surface area contributed by atoms with Crippen LogP contribution < -0.4 is 5.32 Å². The molecule has 0 atom stereocenters. The predicted molar refractivity (Wildman–Crippen MR) is 73.0 cm³/mol. The number of aromatic nitrogens is 2. The maximum atomic E-state index is 12.3. The lowest BCUT2D eigenvalue weighted by Crippen LogP contribution is -2.38. The minimum atomic E-state index is 0.0601. The summed E-state index contributed by atoms with van der Waals surface area (Å²) in [4.78, 5) is 22.6. The zero-order valence-corrected chi connectivity index (χ0v) is 11.3. The van der Waals surface area contributed by atoms with Gasteiger partial charge in [0.2, 0.25) is 5.95 Å². The van der Waals surface area contributed by atoms with Gasteiger partial charge in [-0.05, 0) is 31.6 Å². The average Bonchev–Trinajstić information content (AvgIpc) is 3.24. The Labute approximate surface area is 113 Å². The Bertz CT molecular complexity index is 447. The standard InChI is InChI=1S/C14H20N4O/c1-10-4-6-18(7-5-10)13(19)11-8-15-14(16-9-11)17-12-2-3-12/h8-10,12H,2-7H2,1H3,(H,15,16,17). The van der Waals surface area contributed by atoms with Gasteiger partial charge in [-0.25, -0.2) is 9.97 Å². The lowest BCUT2D eigenvalue weighted by Gasteiger charge is -2.30. The van der Waals surface area contributed by atoms with Crippen molar-refractivity contribution in [1.29, 1.82) is 0 Å². The first kappa shape index (κ1) is 12.4. The topological polar surface area (TPSA) is 58.1 Å². The van der Waals surface area contributed by atoms with Gasteiger partial charge in [-0.15, -0.1) is 0 Å². The van der Waals surface area contributed by atoms with Crippen molar-refractivity contribution < 1.29 is 4.79 Å². The molecule has 1 saturated heterocycles. The molecule has 0 unspecified atom stereocenters. The zero-order chi connectivity index (χ0) is 13.2. The summed E-state index contributed by atoms with van der Waals surface area (Å²) in [6, 6.07) is 0.533. The molecule has 0 radical (unpaired) electrons. The highest BCUT2D eigenvalue weighted by Crippen LogP contribution is 2.23. The SMILES string of the molecule is CC1CCN(C(=O)c2cnc(NC3CC3)nc2)CC1. The van der Waals surface area contributed by atoms with Crippen LogP contribution in [0, 0.1) is 5.92 Å². The minimum absolute atomic E-state index is 0.0601. The second kappa shape index (κ2) is 5.15. The van der Waals surface area contributed by atoms with E-state index in [0.29, 0.717) is 17.6 Å². The molecular formula is C14H20N4O. The van der Waals surface area contributed by atoms with E-state index in [0.717, 1.165) is 31.8 Å². The van der Waals surface area contributed by atoms with Gasteiger partial charge in [0.25, 0.3) is 5.91 Å². The fourth-order valence-corrected chi connectivity index (χ4v) is 2.32. The van der Waals surface area contributed by atoms with E-state index in [1.54, 1.807) is 12.4 Å². The number of rotatable bonds is 3. The van der Waals surface area contributed by atoms with Gasteiger partial charge in [-0.2, -0.15) is 0 Å². The van der Waals surface area contributed by atoms with Crippen LogP contribution in [0.15, 0.2) is 12.4 Å². The Hall–Kier alpha value is -1.65. The van der Waals surface area contributed by atoms with Crippen LogP contribution in [-0.2, 0) is 0 Å². The van der Waals surface area contributed by atoms with Gasteiger partial charge in [0, 0.05) is 31.5 Å². The van der Waals surface area contributed by atoms with Crippen molar-refractivity contribution in [3.63, 3.8) is 0 Å². The molecule has 0 bridgehead atoms. The Morgan fingerprint density at radius 1 is 1.21 bits per heavy atom. The molecule has 1 N–H and O–H groups in total. The van der Waals surface area contributed by atoms with E-state index >= 15 is 0 Å². The molecule has 0 spiro atoms. The number of amides is 1. The smallest absolute Gasteiger partial charge is 0.256 e. The van der Waals surface area contributed by atoms with Crippen molar-refractivity contribution >= 4 is 11.9 Å². The van der Waals surface area contributed by atoms with Crippen LogP contribution in [0.1, 0.15) is 43.0 Å². The van der Waals surface area contributed by atoms with E-state index in [4.69, 9.17) is 0 Å². The van der Waals surface area contributed by atoms with Gasteiger partial charge in [0.05, 0.1) is 5.56 Å². The van der Waals surface area contributed by atoms with Crippen LogP contribution in [0.25, 0.3) is 0 Å². The normalized spacial score (nSPS) is 20.4. The summed E-state index contributed by atoms with van der Waals surface area (Å²) >= 11 is 0. The molecule has 5 heteroatoms. The molecule has 0 aromatic carbocycles. The first-order valence-corrected chi connectivity index (χ1v) is 7.10. The van der Waals surface area contributed by atoms with Crippen LogP contribution in [0.4, 0.5) is 5.95 Å². The highest BCUT2D eigenvalue weighted by atomic mass is 16.2. The van der Waals surface area contributed by atoms with Gasteiger partial charge >= 0.3 is 0 Å². The molecule has 1 amide bonds. The van der Waals surface area contributed by atoms with Gasteiger partial charge in [0.15, 0.2) is 0 Å². The Kier molecular flexibility index (Phi) is 3.36. The monoisotopic (exact) mass is 260 g/mol. The lowest BCUT2D eigenvalue weighted by atomic mass is 9.99. The van der Waals surface area contributed by atoms with Crippen molar-refractivity contribution in [3.8, 4) is 0 Å². The van der Waals surface area contributed by atoms with Crippen molar-refractivity contribution in [2.24, 2.45) is 5.92 Å². The summed E-state index contributed by atoms with van der Waals surface area (Å²) in [5, 5.41) is 3.22. The van der Waals surface area contributed by atoms with E-state index in [-0.39, 0.29) is 5.91 Å². The Balaban J connectivity index is 1.62. The fourth-order valence-electron chi connectivity index (χ4n) is 2.32. The van der Waals surface area contributed by atoms with Crippen LogP contribution in [0.5, 0.6) is 0 Å². The summed E-state index contributed by atoms with van der Waals surface area (Å²) in [6.45, 7) is 3.94. The number of carbonyl (C=O) groups excluding carboxylic acids is 1. The number of hydrogen-bond donors (Lipinski definition) is 1. The van der Waals surface area contributed by atoms with Crippen LogP contribution in [0.2, 0.25) is 0 Å². The molecule has 2 aliphatic rings. The molecule has 2 heterocycles. The van der Waals surface area contributed by atoms with Gasteiger partial charge < -0.3 is 10.2 Å². The van der Waals surface area contributed by atoms with Gasteiger partial charge in [-0.1, -0.05) is 6.92 Å². The molecule has 1 saturated carbocycles.